The summed E-state index contributed by atoms with van der Waals surface area (Å²) in [6, 6.07) is 19.0. The minimum Gasteiger partial charge on any atom is -0.487 e. The van der Waals surface area contributed by atoms with Gasteiger partial charge >= 0.3 is 0 Å². The maximum atomic E-state index is 7.67. The number of hydrogen-bond donors (Lipinski definition) is 2. The molecule has 0 radical (unpaired) electrons. The van der Waals surface area contributed by atoms with E-state index in [1.165, 1.54) is 36.0 Å². The molecule has 1 aromatic heterocycles. The Balaban J connectivity index is 1.45. The molecule has 6 heteroatoms. The van der Waals surface area contributed by atoms with Crippen LogP contribution in [0.2, 0.25) is 0 Å². The van der Waals surface area contributed by atoms with E-state index < -0.39 is 0 Å². The number of hydrogen-bond acceptors (Lipinski definition) is 6. The Labute approximate surface area is 175 Å². The third-order valence-electron chi connectivity index (χ3n) is 5.70. The van der Waals surface area contributed by atoms with E-state index in [1.807, 2.05) is 12.1 Å². The summed E-state index contributed by atoms with van der Waals surface area (Å²) in [4.78, 5) is 8.23. The van der Waals surface area contributed by atoms with E-state index in [4.69, 9.17) is 20.3 Å². The van der Waals surface area contributed by atoms with Gasteiger partial charge in [-0.3, -0.25) is 10.8 Å². The molecule has 1 saturated carbocycles. The molecular weight excluding hydrogens is 376 g/mol. The van der Waals surface area contributed by atoms with Crippen molar-refractivity contribution < 1.29 is 9.47 Å². The highest BCUT2D eigenvalue weighted by atomic mass is 16.5. The Bertz CT molecular complexity index is 1040. The molecule has 0 amide bonds. The average Bonchev–Trinajstić information content (AvgIpc) is 2.74. The minimum atomic E-state index is -0.266. The molecule has 3 aromatic rings. The lowest BCUT2D eigenvalue weighted by molar-refractivity contribution is 0.294. The van der Waals surface area contributed by atoms with Crippen LogP contribution in [0.15, 0.2) is 60.8 Å². The van der Waals surface area contributed by atoms with Gasteiger partial charge in [0, 0.05) is 11.6 Å². The average molecular weight is 400 g/mol. The van der Waals surface area contributed by atoms with E-state index in [0.29, 0.717) is 12.1 Å². The highest BCUT2D eigenvalue weighted by Crippen LogP contribution is 2.49. The molecule has 2 aromatic carbocycles. The van der Waals surface area contributed by atoms with E-state index in [0.717, 1.165) is 5.75 Å². The first-order valence-corrected chi connectivity index (χ1v) is 9.98. The van der Waals surface area contributed by atoms with Gasteiger partial charge in [-0.15, -0.1) is 0 Å². The number of nitrogens with zero attached hydrogens (tertiary/aromatic N) is 2. The van der Waals surface area contributed by atoms with Gasteiger partial charge in [-0.05, 0) is 49.1 Å². The molecular formula is C24H24N4O2. The summed E-state index contributed by atoms with van der Waals surface area (Å²) < 4.78 is 10.6. The van der Waals surface area contributed by atoms with Gasteiger partial charge in [0.2, 0.25) is 5.82 Å². The van der Waals surface area contributed by atoms with Crippen LogP contribution in [0, 0.1) is 17.7 Å². The van der Waals surface area contributed by atoms with Crippen molar-refractivity contribution in [2.24, 2.45) is 0 Å². The number of benzene rings is 2. The van der Waals surface area contributed by atoms with Crippen LogP contribution in [0.3, 0.4) is 0 Å². The molecule has 0 atom stereocenters. The Morgan fingerprint density at radius 3 is 2.30 bits per heavy atom. The van der Waals surface area contributed by atoms with Crippen LogP contribution >= 0.6 is 0 Å². The van der Waals surface area contributed by atoms with E-state index in [2.05, 4.69) is 53.3 Å². The van der Waals surface area contributed by atoms with Crippen LogP contribution in [0.1, 0.15) is 47.5 Å². The van der Waals surface area contributed by atoms with Gasteiger partial charge in [-0.1, -0.05) is 48.4 Å². The van der Waals surface area contributed by atoms with Crippen LogP contribution in [0.5, 0.6) is 5.75 Å². The normalized spacial score (nSPS) is 14.4. The van der Waals surface area contributed by atoms with Crippen molar-refractivity contribution in [1.29, 1.82) is 10.8 Å². The highest BCUT2D eigenvalue weighted by Gasteiger charge is 2.40. The van der Waals surface area contributed by atoms with Crippen molar-refractivity contribution in [3.63, 3.8) is 0 Å². The second-order valence-corrected chi connectivity index (χ2v) is 7.55. The van der Waals surface area contributed by atoms with Gasteiger partial charge in [-0.2, -0.15) is 0 Å². The lowest BCUT2D eigenvalue weighted by atomic mass is 9.60. The maximum absolute atomic E-state index is 7.67. The summed E-state index contributed by atoms with van der Waals surface area (Å²) in [5.74, 6) is 0.626. The number of ether oxygens (including phenoxy) is 2. The molecule has 1 aliphatic rings. The summed E-state index contributed by atoms with van der Waals surface area (Å²) >= 11 is 0. The van der Waals surface area contributed by atoms with Crippen molar-refractivity contribution in [3.05, 3.63) is 89.0 Å². The van der Waals surface area contributed by atoms with Gasteiger partial charge in [-0.25, -0.2) is 9.97 Å². The Hall–Kier alpha value is -3.54. The number of rotatable bonds is 7. The lowest BCUT2D eigenvalue weighted by Crippen LogP contribution is -2.35. The fraction of sp³-hybridized carbons (Fsp3) is 0.250. The van der Waals surface area contributed by atoms with Crippen LogP contribution in [0.4, 0.5) is 0 Å². The van der Waals surface area contributed by atoms with Crippen molar-refractivity contribution in [3.8, 4) is 5.75 Å². The summed E-state index contributed by atoms with van der Waals surface area (Å²) in [5.41, 5.74) is 4.74. The Morgan fingerprint density at radius 2 is 1.70 bits per heavy atom. The molecule has 0 saturated heterocycles. The van der Waals surface area contributed by atoms with Crippen molar-refractivity contribution >= 4 is 12.3 Å². The lowest BCUT2D eigenvalue weighted by Gasteiger charge is -2.43. The summed E-state index contributed by atoms with van der Waals surface area (Å²) in [6.07, 6.45) is 5.82. The van der Waals surface area contributed by atoms with Gasteiger partial charge in [0.25, 0.3) is 5.90 Å². The zero-order valence-corrected chi connectivity index (χ0v) is 16.9. The first kappa shape index (κ1) is 19.8. The smallest absolute Gasteiger partial charge is 0.258 e. The first-order chi connectivity index (χ1) is 14.6. The molecule has 6 nitrogen and oxygen atoms in total. The summed E-state index contributed by atoms with van der Waals surface area (Å²) in [6.45, 7) is 2.38. The van der Waals surface area contributed by atoms with Crippen molar-refractivity contribution in [2.45, 2.75) is 38.2 Å². The van der Waals surface area contributed by atoms with Gasteiger partial charge < -0.3 is 9.47 Å². The SMILES string of the molecule is Cc1ccc(C2(c3ccc(OCc4ccnc(C(=N)OC=N)n4)cc3)CCC2)cc1. The van der Waals surface area contributed by atoms with E-state index in [9.17, 15) is 0 Å². The molecule has 152 valence electrons. The van der Waals surface area contributed by atoms with Crippen LogP contribution < -0.4 is 4.74 Å². The van der Waals surface area contributed by atoms with Gasteiger partial charge in [0.05, 0.1) is 5.69 Å². The summed E-state index contributed by atoms with van der Waals surface area (Å²) in [7, 11) is 0. The molecule has 4 rings (SSSR count). The fourth-order valence-corrected chi connectivity index (χ4v) is 3.87. The van der Waals surface area contributed by atoms with E-state index in [-0.39, 0.29) is 23.7 Å². The molecule has 0 bridgehead atoms. The quantitative estimate of drug-likeness (QED) is 0.441. The monoisotopic (exact) mass is 400 g/mol. The Kier molecular flexibility index (Phi) is 5.57. The maximum Gasteiger partial charge on any atom is 0.258 e. The van der Waals surface area contributed by atoms with Gasteiger partial charge in [0.15, 0.2) is 6.40 Å². The first-order valence-electron chi connectivity index (χ1n) is 9.98. The van der Waals surface area contributed by atoms with Crippen molar-refractivity contribution in [1.82, 2.24) is 9.97 Å². The minimum absolute atomic E-state index is 0.114. The molecule has 1 heterocycles. The van der Waals surface area contributed by atoms with Gasteiger partial charge in [0.1, 0.15) is 12.4 Å². The third-order valence-corrected chi connectivity index (χ3v) is 5.70. The Morgan fingerprint density at radius 1 is 1.03 bits per heavy atom. The second kappa shape index (κ2) is 8.45. The number of aromatic nitrogens is 2. The molecule has 0 spiro atoms. The highest BCUT2D eigenvalue weighted by molar-refractivity contribution is 5.91. The molecule has 2 N–H and O–H groups in total. The molecule has 1 fully saturated rings. The molecule has 0 aliphatic heterocycles. The predicted molar refractivity (Wildman–Crippen MR) is 115 cm³/mol. The largest absolute Gasteiger partial charge is 0.487 e. The zero-order valence-electron chi connectivity index (χ0n) is 16.9. The van der Waals surface area contributed by atoms with E-state index >= 15 is 0 Å². The van der Waals surface area contributed by atoms with E-state index in [1.54, 1.807) is 12.3 Å². The van der Waals surface area contributed by atoms with Crippen LogP contribution in [0.25, 0.3) is 0 Å². The number of nitrogens with one attached hydrogen (secondary N) is 2. The molecule has 30 heavy (non-hydrogen) atoms. The predicted octanol–water partition coefficient (Wildman–Crippen LogP) is 4.78. The fourth-order valence-electron chi connectivity index (χ4n) is 3.87. The third kappa shape index (κ3) is 3.94. The standard InChI is InChI=1S/C24H24N4O2/c1-17-3-5-18(6-4-17)24(12-2-13-24)19-7-9-21(10-8-19)29-15-20-11-14-27-23(28-20)22(26)30-16-25/h3-11,14,16,25-26H,2,12-13,15H2,1H3. The number of aryl methyl sites for hydroxylation is 1. The zero-order chi connectivity index (χ0) is 21.0. The second-order valence-electron chi connectivity index (χ2n) is 7.55. The molecule has 1 aliphatic carbocycles. The van der Waals surface area contributed by atoms with Crippen LogP contribution in [-0.2, 0) is 16.8 Å². The van der Waals surface area contributed by atoms with Crippen molar-refractivity contribution in [2.75, 3.05) is 0 Å². The summed E-state index contributed by atoms with van der Waals surface area (Å²) in [5, 5.41) is 14.6. The van der Waals surface area contributed by atoms with Crippen LogP contribution in [-0.4, -0.2) is 22.3 Å². The molecule has 0 unspecified atom stereocenters. The topological polar surface area (TPSA) is 91.9 Å².